The SMILES string of the molecule is CCc1cccc(C)c1N(CCNC(=O)Cc1cccs1)S(C)(=O)=O. The number of aryl methyl sites for hydroxylation is 2. The molecule has 1 amide bonds. The summed E-state index contributed by atoms with van der Waals surface area (Å²) >= 11 is 1.53. The van der Waals surface area contributed by atoms with Crippen LogP contribution in [-0.4, -0.2) is 33.7 Å². The Hall–Kier alpha value is -1.86. The first-order valence-electron chi connectivity index (χ1n) is 8.18. The van der Waals surface area contributed by atoms with Crippen molar-refractivity contribution in [1.29, 1.82) is 0 Å². The van der Waals surface area contributed by atoms with E-state index in [9.17, 15) is 13.2 Å². The lowest BCUT2D eigenvalue weighted by atomic mass is 10.1. The largest absolute Gasteiger partial charge is 0.354 e. The number of benzene rings is 1. The minimum absolute atomic E-state index is 0.101. The number of hydrogen-bond acceptors (Lipinski definition) is 4. The topological polar surface area (TPSA) is 66.5 Å². The number of carbonyl (C=O) groups is 1. The van der Waals surface area contributed by atoms with E-state index in [0.29, 0.717) is 6.42 Å². The van der Waals surface area contributed by atoms with E-state index >= 15 is 0 Å². The highest BCUT2D eigenvalue weighted by Crippen LogP contribution is 2.27. The van der Waals surface area contributed by atoms with Crippen molar-refractivity contribution in [3.8, 4) is 0 Å². The Kier molecular flexibility index (Phi) is 6.61. The number of sulfonamides is 1. The van der Waals surface area contributed by atoms with Crippen molar-refractivity contribution in [3.63, 3.8) is 0 Å². The maximum atomic E-state index is 12.3. The third-order valence-corrected chi connectivity index (χ3v) is 5.95. The Labute approximate surface area is 153 Å². The fourth-order valence-corrected chi connectivity index (χ4v) is 4.46. The number of nitrogens with zero attached hydrogens (tertiary/aromatic N) is 1. The van der Waals surface area contributed by atoms with Gasteiger partial charge in [0.2, 0.25) is 15.9 Å². The van der Waals surface area contributed by atoms with Gasteiger partial charge in [-0.2, -0.15) is 0 Å². The summed E-state index contributed by atoms with van der Waals surface area (Å²) in [7, 11) is -3.44. The normalized spacial score (nSPS) is 11.3. The molecule has 1 aromatic heterocycles. The van der Waals surface area contributed by atoms with Crippen LogP contribution in [0.25, 0.3) is 0 Å². The van der Waals surface area contributed by atoms with Gasteiger partial charge in [0.15, 0.2) is 0 Å². The average Bonchev–Trinajstić information content (AvgIpc) is 3.03. The Morgan fingerprint density at radius 2 is 2.00 bits per heavy atom. The van der Waals surface area contributed by atoms with Crippen LogP contribution in [0.3, 0.4) is 0 Å². The van der Waals surface area contributed by atoms with Crippen molar-refractivity contribution in [2.24, 2.45) is 0 Å². The van der Waals surface area contributed by atoms with Gasteiger partial charge in [0.1, 0.15) is 0 Å². The van der Waals surface area contributed by atoms with Crippen LogP contribution in [0.5, 0.6) is 0 Å². The molecule has 0 radical (unpaired) electrons. The molecule has 7 heteroatoms. The highest BCUT2D eigenvalue weighted by Gasteiger charge is 2.21. The highest BCUT2D eigenvalue weighted by atomic mass is 32.2. The van der Waals surface area contributed by atoms with Crippen molar-refractivity contribution in [3.05, 3.63) is 51.7 Å². The second kappa shape index (κ2) is 8.49. The molecule has 0 aliphatic heterocycles. The van der Waals surface area contributed by atoms with Crippen LogP contribution in [0.15, 0.2) is 35.7 Å². The van der Waals surface area contributed by atoms with E-state index in [4.69, 9.17) is 0 Å². The molecular weight excluding hydrogens is 356 g/mol. The lowest BCUT2D eigenvalue weighted by Gasteiger charge is -2.26. The van der Waals surface area contributed by atoms with E-state index in [1.54, 1.807) is 0 Å². The smallest absolute Gasteiger partial charge is 0.232 e. The second-order valence-electron chi connectivity index (χ2n) is 5.88. The molecule has 0 aliphatic rings. The number of para-hydroxylation sites is 1. The van der Waals surface area contributed by atoms with Gasteiger partial charge in [-0.3, -0.25) is 9.10 Å². The molecule has 2 aromatic rings. The fraction of sp³-hybridized carbons (Fsp3) is 0.389. The maximum Gasteiger partial charge on any atom is 0.232 e. The second-order valence-corrected chi connectivity index (χ2v) is 8.82. The van der Waals surface area contributed by atoms with Gasteiger partial charge in [-0.1, -0.05) is 31.2 Å². The van der Waals surface area contributed by atoms with Crippen LogP contribution < -0.4 is 9.62 Å². The number of hydrogen-bond donors (Lipinski definition) is 1. The molecule has 0 fully saturated rings. The van der Waals surface area contributed by atoms with E-state index in [1.165, 1.54) is 21.9 Å². The van der Waals surface area contributed by atoms with Crippen LogP contribution in [-0.2, 0) is 27.7 Å². The van der Waals surface area contributed by atoms with Gasteiger partial charge in [0.25, 0.3) is 0 Å². The molecule has 0 saturated heterocycles. The third kappa shape index (κ3) is 5.31. The van der Waals surface area contributed by atoms with Gasteiger partial charge >= 0.3 is 0 Å². The quantitative estimate of drug-likeness (QED) is 0.766. The van der Waals surface area contributed by atoms with Crippen molar-refractivity contribution in [1.82, 2.24) is 5.32 Å². The number of carbonyl (C=O) groups excluding carboxylic acids is 1. The zero-order chi connectivity index (χ0) is 18.4. The first-order chi connectivity index (χ1) is 11.8. The first-order valence-corrected chi connectivity index (χ1v) is 10.9. The summed E-state index contributed by atoms with van der Waals surface area (Å²) in [6.45, 7) is 4.39. The van der Waals surface area contributed by atoms with Gasteiger partial charge < -0.3 is 5.32 Å². The predicted molar refractivity (Wildman–Crippen MR) is 104 cm³/mol. The molecule has 0 saturated carbocycles. The first kappa shape index (κ1) is 19.5. The summed E-state index contributed by atoms with van der Waals surface area (Å²) in [5, 5.41) is 4.74. The fourth-order valence-electron chi connectivity index (χ4n) is 2.74. The molecule has 0 aliphatic carbocycles. The summed E-state index contributed by atoms with van der Waals surface area (Å²) in [6, 6.07) is 9.59. The third-order valence-electron chi connectivity index (χ3n) is 3.90. The van der Waals surface area contributed by atoms with Gasteiger partial charge in [0, 0.05) is 11.4 Å². The van der Waals surface area contributed by atoms with Gasteiger partial charge in [-0.25, -0.2) is 8.42 Å². The molecule has 5 nitrogen and oxygen atoms in total. The van der Waals surface area contributed by atoms with E-state index < -0.39 is 10.0 Å². The highest BCUT2D eigenvalue weighted by molar-refractivity contribution is 7.92. The number of anilines is 1. The molecule has 0 bridgehead atoms. The van der Waals surface area contributed by atoms with Gasteiger partial charge in [-0.15, -0.1) is 11.3 Å². The molecule has 25 heavy (non-hydrogen) atoms. The zero-order valence-corrected chi connectivity index (χ0v) is 16.4. The number of rotatable bonds is 8. The summed E-state index contributed by atoms with van der Waals surface area (Å²) < 4.78 is 26.0. The van der Waals surface area contributed by atoms with Crippen LogP contribution in [0.2, 0.25) is 0 Å². The van der Waals surface area contributed by atoms with Crippen molar-refractivity contribution >= 4 is 33.0 Å². The zero-order valence-electron chi connectivity index (χ0n) is 14.8. The molecular formula is C18H24N2O3S2. The summed E-state index contributed by atoms with van der Waals surface area (Å²) in [6.07, 6.45) is 2.27. The predicted octanol–water partition coefficient (Wildman–Crippen LogP) is 2.74. The van der Waals surface area contributed by atoms with Crippen molar-refractivity contribution < 1.29 is 13.2 Å². The van der Waals surface area contributed by atoms with Gasteiger partial charge in [0.05, 0.1) is 24.9 Å². The van der Waals surface area contributed by atoms with Crippen molar-refractivity contribution in [2.45, 2.75) is 26.7 Å². The Bertz CT molecular complexity index is 815. The Morgan fingerprint density at radius 1 is 1.24 bits per heavy atom. The minimum atomic E-state index is -3.44. The molecule has 0 atom stereocenters. The van der Waals surface area contributed by atoms with Crippen molar-refractivity contribution in [2.75, 3.05) is 23.7 Å². The molecule has 1 N–H and O–H groups in total. The monoisotopic (exact) mass is 380 g/mol. The molecule has 0 unspecified atom stereocenters. The number of thiophene rings is 1. The average molecular weight is 381 g/mol. The lowest BCUT2D eigenvalue weighted by molar-refractivity contribution is -0.120. The minimum Gasteiger partial charge on any atom is -0.354 e. The number of amides is 1. The van der Waals surface area contributed by atoms with E-state index in [1.807, 2.05) is 49.6 Å². The Morgan fingerprint density at radius 3 is 2.60 bits per heavy atom. The van der Waals surface area contributed by atoms with E-state index in [2.05, 4.69) is 5.32 Å². The molecule has 136 valence electrons. The summed E-state index contributed by atoms with van der Waals surface area (Å²) in [5.41, 5.74) is 2.62. The molecule has 1 heterocycles. The Balaban J connectivity index is 2.09. The molecule has 0 spiro atoms. The van der Waals surface area contributed by atoms with Crippen LogP contribution in [0, 0.1) is 6.92 Å². The van der Waals surface area contributed by atoms with Crippen LogP contribution >= 0.6 is 11.3 Å². The lowest BCUT2D eigenvalue weighted by Crippen LogP contribution is -2.39. The van der Waals surface area contributed by atoms with Crippen LogP contribution in [0.1, 0.15) is 22.9 Å². The maximum absolute atomic E-state index is 12.3. The molecule has 2 rings (SSSR count). The van der Waals surface area contributed by atoms with E-state index in [-0.39, 0.29) is 19.0 Å². The standard InChI is InChI=1S/C18H24N2O3S2/c1-4-15-8-5-7-14(2)18(15)20(25(3,22)23)11-10-19-17(21)13-16-9-6-12-24-16/h5-9,12H,4,10-11,13H2,1-3H3,(H,19,21). The van der Waals surface area contributed by atoms with Gasteiger partial charge in [-0.05, 0) is 35.9 Å². The summed E-state index contributed by atoms with van der Waals surface area (Å²) in [5.74, 6) is -0.101. The van der Waals surface area contributed by atoms with E-state index in [0.717, 1.165) is 28.1 Å². The van der Waals surface area contributed by atoms with Crippen LogP contribution in [0.4, 0.5) is 5.69 Å². The summed E-state index contributed by atoms with van der Waals surface area (Å²) in [4.78, 5) is 13.0. The molecule has 1 aromatic carbocycles. The number of nitrogens with one attached hydrogen (secondary N) is 1.